The van der Waals surface area contributed by atoms with E-state index in [-0.39, 0.29) is 11.6 Å². The minimum absolute atomic E-state index is 0.0391. The third-order valence-electron chi connectivity index (χ3n) is 11.8. The van der Waals surface area contributed by atoms with Gasteiger partial charge in [0, 0.05) is 47.1 Å². The molecule has 0 radical (unpaired) electrons. The van der Waals surface area contributed by atoms with E-state index in [0.717, 1.165) is 30.9 Å². The Kier molecular flexibility index (Phi) is 8.83. The largest absolute Gasteiger partial charge is 0.345 e. The van der Waals surface area contributed by atoms with Gasteiger partial charge in [-0.2, -0.15) is 0 Å². The van der Waals surface area contributed by atoms with Crippen molar-refractivity contribution in [3.63, 3.8) is 0 Å². The molecule has 0 aliphatic carbocycles. The number of aromatic nitrogens is 2. The van der Waals surface area contributed by atoms with Crippen molar-refractivity contribution < 1.29 is 0 Å². The van der Waals surface area contributed by atoms with Crippen LogP contribution in [0, 0.1) is 24.2 Å². The number of hydrogen-bond acceptors (Lipinski definition) is 5. The summed E-state index contributed by atoms with van der Waals surface area (Å²) in [7, 11) is 0. The number of aryl methyl sites for hydroxylation is 1. The van der Waals surface area contributed by atoms with Crippen LogP contribution >= 0.6 is 0 Å². The molecule has 3 aromatic carbocycles. The van der Waals surface area contributed by atoms with Crippen LogP contribution in [0.1, 0.15) is 89.7 Å². The molecule has 0 saturated heterocycles. The van der Waals surface area contributed by atoms with Gasteiger partial charge in [-0.25, -0.2) is 9.97 Å². The number of anilines is 5. The molecule has 3 aliphatic heterocycles. The number of hydrogen-bond donors (Lipinski definition) is 0. The van der Waals surface area contributed by atoms with Crippen LogP contribution in [-0.4, -0.2) is 22.2 Å². The Morgan fingerprint density at radius 1 is 0.809 bits per heavy atom. The fourth-order valence-corrected chi connectivity index (χ4v) is 9.27. The molecule has 7 rings (SSSR count). The Morgan fingerprint density at radius 2 is 1.49 bits per heavy atom. The van der Waals surface area contributed by atoms with E-state index in [4.69, 9.17) is 9.97 Å². The van der Waals surface area contributed by atoms with E-state index in [1.54, 1.807) is 0 Å². The SMILES string of the molecule is CCC1c2ccccc2N2c3nccnc3N(c3ccccc3)C2C(C)(CC)C1CCCC1C(C)CCC=CN1c1ccccc1C. The summed E-state index contributed by atoms with van der Waals surface area (Å²) >= 11 is 0. The normalized spacial score (nSPS) is 26.7. The number of fused-ring (bicyclic) bond motifs is 5. The molecule has 5 heteroatoms. The van der Waals surface area contributed by atoms with Crippen molar-refractivity contribution >= 4 is 28.7 Å². The first kappa shape index (κ1) is 31.5. The second-order valence-corrected chi connectivity index (χ2v) is 14.3. The number of nitrogens with zero attached hydrogens (tertiary/aromatic N) is 5. The molecule has 6 unspecified atom stereocenters. The molecule has 6 atom stereocenters. The second kappa shape index (κ2) is 13.2. The van der Waals surface area contributed by atoms with Crippen LogP contribution in [0.4, 0.5) is 28.7 Å². The van der Waals surface area contributed by atoms with E-state index in [1.165, 1.54) is 53.9 Å². The predicted octanol–water partition coefficient (Wildman–Crippen LogP) is 10.9. The Hall–Kier alpha value is -4.12. The lowest BCUT2D eigenvalue weighted by Gasteiger charge is -2.48. The molecule has 0 fully saturated rings. The highest BCUT2D eigenvalue weighted by Gasteiger charge is 2.56. The molecular formula is C42H51N5. The van der Waals surface area contributed by atoms with Gasteiger partial charge in [0.05, 0.1) is 0 Å². The molecule has 244 valence electrons. The smallest absolute Gasteiger partial charge is 0.178 e. The van der Waals surface area contributed by atoms with E-state index >= 15 is 0 Å². The first-order valence-corrected chi connectivity index (χ1v) is 18.0. The van der Waals surface area contributed by atoms with Crippen LogP contribution in [-0.2, 0) is 0 Å². The molecule has 3 aliphatic rings. The summed E-state index contributed by atoms with van der Waals surface area (Å²) in [6.45, 7) is 12.1. The lowest BCUT2D eigenvalue weighted by atomic mass is 9.63. The second-order valence-electron chi connectivity index (χ2n) is 14.3. The van der Waals surface area contributed by atoms with E-state index < -0.39 is 0 Å². The highest BCUT2D eigenvalue weighted by molar-refractivity contribution is 5.85. The fourth-order valence-electron chi connectivity index (χ4n) is 9.27. The average Bonchev–Trinajstić information content (AvgIpc) is 3.30. The van der Waals surface area contributed by atoms with Crippen LogP contribution in [0.2, 0.25) is 0 Å². The lowest BCUT2D eigenvalue weighted by molar-refractivity contribution is 0.104. The van der Waals surface area contributed by atoms with Crippen LogP contribution in [0.25, 0.3) is 0 Å². The van der Waals surface area contributed by atoms with Crippen molar-refractivity contribution in [1.29, 1.82) is 0 Å². The third kappa shape index (κ3) is 5.42. The Balaban J connectivity index is 1.29. The standard InChI is InChI=1S/C42H51N5/c1-6-33-34-22-12-14-25-38(34)47-40-39(43-27-28-44-40)46(32-20-9-8-10-21-32)41(47)42(5,7-2)35(33)23-17-26-37-31(4)19-15-16-29-45(37)36-24-13-11-18-30(36)3/h8-14,16,18,20-22,24-25,27-29,31,33,35,37,41H,6-7,15,17,19,23,26H2,1-5H3. The molecule has 0 amide bonds. The van der Waals surface area contributed by atoms with Crippen LogP contribution in [0.3, 0.4) is 0 Å². The fraction of sp³-hybridized carbons (Fsp3) is 0.429. The highest BCUT2D eigenvalue weighted by Crippen LogP contribution is 2.60. The topological polar surface area (TPSA) is 35.5 Å². The number of rotatable bonds is 8. The van der Waals surface area contributed by atoms with Gasteiger partial charge in [0.2, 0.25) is 0 Å². The first-order valence-electron chi connectivity index (χ1n) is 18.0. The zero-order chi connectivity index (χ0) is 32.5. The van der Waals surface area contributed by atoms with Gasteiger partial charge in [-0.1, -0.05) is 94.8 Å². The molecule has 0 saturated carbocycles. The van der Waals surface area contributed by atoms with Gasteiger partial charge >= 0.3 is 0 Å². The molecule has 4 aromatic rings. The van der Waals surface area contributed by atoms with Crippen LogP contribution < -0.4 is 14.7 Å². The zero-order valence-electron chi connectivity index (χ0n) is 28.9. The van der Waals surface area contributed by atoms with Gasteiger partial charge in [0.1, 0.15) is 6.17 Å². The van der Waals surface area contributed by atoms with E-state index in [2.05, 4.69) is 140 Å². The molecule has 1 aromatic heterocycles. The minimum atomic E-state index is -0.0391. The van der Waals surface area contributed by atoms with E-state index in [9.17, 15) is 0 Å². The highest BCUT2D eigenvalue weighted by atomic mass is 15.5. The predicted molar refractivity (Wildman–Crippen MR) is 197 cm³/mol. The van der Waals surface area contributed by atoms with Crippen molar-refractivity contribution in [3.05, 3.63) is 115 Å². The van der Waals surface area contributed by atoms with Crippen molar-refractivity contribution in [1.82, 2.24) is 9.97 Å². The van der Waals surface area contributed by atoms with Gasteiger partial charge in [0.15, 0.2) is 11.6 Å². The number of para-hydroxylation sites is 3. The quantitative estimate of drug-likeness (QED) is 0.195. The summed E-state index contributed by atoms with van der Waals surface area (Å²) in [5, 5.41) is 0. The third-order valence-corrected chi connectivity index (χ3v) is 11.8. The molecule has 0 bridgehead atoms. The van der Waals surface area contributed by atoms with Gasteiger partial charge < -0.3 is 14.7 Å². The molecular weight excluding hydrogens is 574 g/mol. The van der Waals surface area contributed by atoms with Gasteiger partial charge in [-0.15, -0.1) is 0 Å². The van der Waals surface area contributed by atoms with E-state index in [0.29, 0.717) is 23.8 Å². The summed E-state index contributed by atoms with van der Waals surface area (Å²) in [6.07, 6.45) is 16.7. The van der Waals surface area contributed by atoms with Crippen LogP contribution in [0.15, 0.2) is 104 Å². The maximum Gasteiger partial charge on any atom is 0.178 e. The molecule has 47 heavy (non-hydrogen) atoms. The van der Waals surface area contributed by atoms with Crippen molar-refractivity contribution in [2.24, 2.45) is 17.3 Å². The maximum absolute atomic E-state index is 5.03. The van der Waals surface area contributed by atoms with Gasteiger partial charge in [0.25, 0.3) is 0 Å². The van der Waals surface area contributed by atoms with Crippen LogP contribution in [0.5, 0.6) is 0 Å². The summed E-state index contributed by atoms with van der Waals surface area (Å²) in [5.74, 6) is 3.50. The first-order chi connectivity index (χ1) is 23.0. The molecule has 0 N–H and O–H groups in total. The summed E-state index contributed by atoms with van der Waals surface area (Å²) in [5.41, 5.74) is 6.60. The van der Waals surface area contributed by atoms with E-state index in [1.807, 2.05) is 12.4 Å². The van der Waals surface area contributed by atoms with Crippen molar-refractivity contribution in [2.75, 3.05) is 14.7 Å². The number of allylic oxidation sites excluding steroid dienone is 1. The molecule has 5 nitrogen and oxygen atoms in total. The Labute approximate surface area is 282 Å². The van der Waals surface area contributed by atoms with Gasteiger partial charge in [-0.05, 0) is 98.6 Å². The monoisotopic (exact) mass is 625 g/mol. The van der Waals surface area contributed by atoms with Crippen molar-refractivity contribution in [2.45, 2.75) is 97.7 Å². The maximum atomic E-state index is 5.03. The number of benzene rings is 3. The minimum Gasteiger partial charge on any atom is -0.345 e. The lowest BCUT2D eigenvalue weighted by Crippen LogP contribution is -2.53. The molecule has 0 spiro atoms. The van der Waals surface area contributed by atoms with Gasteiger partial charge in [-0.3, -0.25) is 0 Å². The summed E-state index contributed by atoms with van der Waals surface area (Å²) < 4.78 is 0. The summed E-state index contributed by atoms with van der Waals surface area (Å²) in [4.78, 5) is 17.7. The Morgan fingerprint density at radius 3 is 2.21 bits per heavy atom. The molecule has 4 heterocycles. The van der Waals surface area contributed by atoms with Crippen molar-refractivity contribution in [3.8, 4) is 0 Å². The summed E-state index contributed by atoms with van der Waals surface area (Å²) in [6, 6.07) is 29.5. The zero-order valence-corrected chi connectivity index (χ0v) is 28.9. The Bertz CT molecular complexity index is 1700. The average molecular weight is 626 g/mol.